The molecule has 0 atom stereocenters. The maximum atomic E-state index is 4.15. The molecule has 0 spiro atoms. The fourth-order valence-corrected chi connectivity index (χ4v) is 1.79. The lowest BCUT2D eigenvalue weighted by atomic mass is 10.3. The first-order valence-corrected chi connectivity index (χ1v) is 4.95. The third-order valence-electron chi connectivity index (χ3n) is 2.55. The third kappa shape index (κ3) is 1.08. The van der Waals surface area contributed by atoms with Crippen LogP contribution in [0, 0.1) is 0 Å². The number of aromatic nitrogens is 8. The topological polar surface area (TPSA) is 89.1 Å². The predicted octanol–water partition coefficient (Wildman–Crippen LogP) is -0.957. The van der Waals surface area contributed by atoms with Crippen LogP contribution in [0.25, 0.3) is 17.4 Å². The van der Waals surface area contributed by atoms with Gasteiger partial charge in [0.15, 0.2) is 11.3 Å². The highest BCUT2D eigenvalue weighted by Gasteiger charge is 2.05. The Morgan fingerprint density at radius 3 is 2.94 bits per heavy atom. The summed E-state index contributed by atoms with van der Waals surface area (Å²) < 4.78 is 3.09. The van der Waals surface area contributed by atoms with Crippen molar-refractivity contribution in [3.63, 3.8) is 0 Å². The summed E-state index contributed by atoms with van der Waals surface area (Å²) in [5, 5.41) is 15.9. The number of fused-ring (bicyclic) bond motifs is 2. The van der Waals surface area contributed by atoms with Crippen LogP contribution < -0.4 is 5.22 Å². The van der Waals surface area contributed by atoms with Gasteiger partial charge < -0.3 is 0 Å². The Morgan fingerprint density at radius 2 is 1.94 bits per heavy atom. The molecule has 0 aliphatic carbocycles. The molecule has 0 radical (unpaired) electrons. The molecular weight excluding hydrogens is 220 g/mol. The second-order valence-electron chi connectivity index (χ2n) is 3.54. The number of H-pyrrole nitrogens is 1. The van der Waals surface area contributed by atoms with Gasteiger partial charge in [0.25, 0.3) is 0 Å². The molecule has 0 bridgehead atoms. The van der Waals surface area contributed by atoms with Gasteiger partial charge in [0.05, 0.1) is 6.20 Å². The van der Waals surface area contributed by atoms with Crippen molar-refractivity contribution in [1.82, 2.24) is 39.6 Å². The highest BCUT2D eigenvalue weighted by molar-refractivity contribution is 5.66. The number of aromatic amines is 1. The van der Waals surface area contributed by atoms with Crippen LogP contribution in [0.5, 0.6) is 0 Å². The molecule has 0 aromatic carbocycles. The van der Waals surface area contributed by atoms with Gasteiger partial charge in [0.2, 0.25) is 0 Å². The minimum atomic E-state index is 0.726. The van der Waals surface area contributed by atoms with E-state index in [0.717, 1.165) is 22.1 Å². The van der Waals surface area contributed by atoms with Gasteiger partial charge in [-0.3, -0.25) is 5.10 Å². The summed E-state index contributed by atoms with van der Waals surface area (Å²) in [7, 11) is 0. The molecule has 0 amide bonds. The van der Waals surface area contributed by atoms with Crippen LogP contribution in [-0.4, -0.2) is 39.6 Å². The monoisotopic (exact) mass is 226 g/mol. The molecule has 8 nitrogen and oxygen atoms in total. The van der Waals surface area contributed by atoms with Crippen molar-refractivity contribution in [2.75, 3.05) is 0 Å². The largest absolute Gasteiger partial charge is 0.283 e. The fourth-order valence-electron chi connectivity index (χ4n) is 1.79. The van der Waals surface area contributed by atoms with E-state index in [0.29, 0.717) is 0 Å². The summed E-state index contributed by atoms with van der Waals surface area (Å²) in [6.07, 6.45) is 8.46. The number of nitrogens with zero attached hydrogens (tertiary/aromatic N) is 7. The van der Waals surface area contributed by atoms with Crippen molar-refractivity contribution in [3.8, 4) is 0 Å². The van der Waals surface area contributed by atoms with Gasteiger partial charge in [-0.15, -0.1) is 14.8 Å². The van der Waals surface area contributed by atoms with E-state index in [-0.39, 0.29) is 0 Å². The molecule has 0 aliphatic rings. The molecule has 8 heteroatoms. The van der Waals surface area contributed by atoms with E-state index in [2.05, 4.69) is 30.4 Å². The lowest BCUT2D eigenvalue weighted by molar-refractivity contribution is 0.821. The van der Waals surface area contributed by atoms with Crippen LogP contribution in [0.4, 0.5) is 0 Å². The van der Waals surface area contributed by atoms with E-state index in [1.54, 1.807) is 10.8 Å². The number of hydrogen-bond donors (Lipinski definition) is 1. The van der Waals surface area contributed by atoms with E-state index < -0.39 is 0 Å². The maximum Gasteiger partial charge on any atom is 0.184 e. The highest BCUT2D eigenvalue weighted by Crippen LogP contribution is 2.06. The second kappa shape index (κ2) is 2.88. The van der Waals surface area contributed by atoms with Gasteiger partial charge in [0, 0.05) is 17.0 Å². The fraction of sp³-hybridized carbons (Fsp3) is 0. The van der Waals surface area contributed by atoms with E-state index in [1.165, 1.54) is 17.3 Å². The van der Waals surface area contributed by atoms with E-state index >= 15 is 0 Å². The molecule has 4 aromatic heterocycles. The molecular formula is C9H6N8. The number of rotatable bonds is 1. The lowest BCUT2D eigenvalue weighted by Gasteiger charge is -1.81. The van der Waals surface area contributed by atoms with Crippen molar-refractivity contribution in [2.45, 2.75) is 0 Å². The second-order valence-corrected chi connectivity index (χ2v) is 3.54. The van der Waals surface area contributed by atoms with E-state index in [9.17, 15) is 0 Å². The predicted molar refractivity (Wildman–Crippen MR) is 56.9 cm³/mol. The standard InChI is InChI=1S/C9H6N8/c1(6-2-12-16-8(6)10-4-14-16)7-3-13-17-9(7)11-5-15-17/h1-5,12H. The Balaban J connectivity index is 2.03. The average Bonchev–Trinajstić information content (AvgIpc) is 3.03. The molecule has 4 heterocycles. The van der Waals surface area contributed by atoms with Crippen LogP contribution in [0.1, 0.15) is 5.56 Å². The summed E-state index contributed by atoms with van der Waals surface area (Å²) in [5.41, 5.74) is 2.42. The Hall–Kier alpha value is -2.77. The van der Waals surface area contributed by atoms with Crippen LogP contribution in [0.15, 0.2) is 25.0 Å². The zero-order valence-corrected chi connectivity index (χ0v) is 8.52. The Kier molecular flexibility index (Phi) is 1.42. The lowest BCUT2D eigenvalue weighted by Crippen LogP contribution is -1.98. The Morgan fingerprint density at radius 1 is 1.06 bits per heavy atom. The van der Waals surface area contributed by atoms with E-state index in [1.807, 2.05) is 12.3 Å². The minimum Gasteiger partial charge on any atom is -0.283 e. The summed E-state index contributed by atoms with van der Waals surface area (Å²) in [5.74, 6) is 0. The van der Waals surface area contributed by atoms with Crippen molar-refractivity contribution >= 4 is 17.4 Å². The summed E-state index contributed by atoms with van der Waals surface area (Å²) in [6, 6.07) is 0. The molecule has 0 aliphatic heterocycles. The van der Waals surface area contributed by atoms with Crippen LogP contribution in [-0.2, 0) is 0 Å². The van der Waals surface area contributed by atoms with E-state index in [4.69, 9.17) is 0 Å². The smallest absolute Gasteiger partial charge is 0.184 e. The first kappa shape index (κ1) is 8.39. The zero-order valence-electron chi connectivity index (χ0n) is 8.52. The molecule has 0 saturated carbocycles. The Bertz CT molecular complexity index is 850. The summed E-state index contributed by atoms with van der Waals surface area (Å²) >= 11 is 0. The molecule has 4 aromatic rings. The van der Waals surface area contributed by atoms with Crippen LogP contribution in [0.3, 0.4) is 0 Å². The van der Waals surface area contributed by atoms with Crippen molar-refractivity contribution in [1.29, 1.82) is 0 Å². The van der Waals surface area contributed by atoms with Gasteiger partial charge in [0.1, 0.15) is 12.7 Å². The molecule has 0 unspecified atom stereocenters. The molecule has 82 valence electrons. The summed E-state index contributed by atoms with van der Waals surface area (Å²) in [4.78, 5) is 8.29. The molecule has 1 N–H and O–H groups in total. The average molecular weight is 226 g/mol. The van der Waals surface area contributed by atoms with Gasteiger partial charge >= 0.3 is 0 Å². The summed E-state index contributed by atoms with van der Waals surface area (Å²) in [6.45, 7) is 0. The van der Waals surface area contributed by atoms with Crippen LogP contribution in [0.2, 0.25) is 0 Å². The molecule has 4 rings (SSSR count). The van der Waals surface area contributed by atoms with Crippen molar-refractivity contribution < 1.29 is 0 Å². The van der Waals surface area contributed by atoms with Crippen molar-refractivity contribution in [3.05, 3.63) is 35.8 Å². The van der Waals surface area contributed by atoms with Gasteiger partial charge in [-0.2, -0.15) is 9.73 Å². The van der Waals surface area contributed by atoms with Gasteiger partial charge in [-0.25, -0.2) is 9.97 Å². The van der Waals surface area contributed by atoms with Crippen LogP contribution >= 0.6 is 0 Å². The number of hydrogen-bond acceptors (Lipinski definition) is 5. The number of nitrogens with one attached hydrogen (secondary N) is 1. The van der Waals surface area contributed by atoms with Gasteiger partial charge in [-0.1, -0.05) is 0 Å². The normalized spacial score (nSPS) is 13.1. The van der Waals surface area contributed by atoms with Gasteiger partial charge in [-0.05, 0) is 6.08 Å². The Labute approximate surface area is 93.6 Å². The highest BCUT2D eigenvalue weighted by atomic mass is 15.4. The third-order valence-corrected chi connectivity index (χ3v) is 2.55. The molecule has 0 fully saturated rings. The molecule has 0 saturated heterocycles. The zero-order chi connectivity index (χ0) is 11.2. The minimum absolute atomic E-state index is 0.726. The SMILES string of the molecule is C(c1c[nH]n2ncnc12)=c1cnn2ncnc12. The maximum absolute atomic E-state index is 4.15. The first-order valence-electron chi connectivity index (χ1n) is 4.95. The quantitative estimate of drug-likeness (QED) is 0.451. The molecule has 17 heavy (non-hydrogen) atoms. The van der Waals surface area contributed by atoms with Crippen molar-refractivity contribution in [2.24, 2.45) is 0 Å². The first-order chi connectivity index (χ1) is 8.42.